The summed E-state index contributed by atoms with van der Waals surface area (Å²) in [7, 11) is 0. The molecule has 154 valence electrons. The Morgan fingerprint density at radius 1 is 1.17 bits per heavy atom. The molecule has 1 amide bonds. The van der Waals surface area contributed by atoms with E-state index in [-0.39, 0.29) is 34.9 Å². The number of aliphatic hydroxyl groups is 1. The number of aromatic nitrogens is 2. The molecule has 2 saturated heterocycles. The molecule has 0 radical (unpaired) electrons. The van der Waals surface area contributed by atoms with Gasteiger partial charge in [0.05, 0.1) is 29.6 Å². The summed E-state index contributed by atoms with van der Waals surface area (Å²) >= 11 is 5.85. The lowest BCUT2D eigenvalue weighted by molar-refractivity contribution is 0.0667. The fourth-order valence-electron chi connectivity index (χ4n) is 4.03. The van der Waals surface area contributed by atoms with E-state index < -0.39 is 0 Å². The topological polar surface area (TPSA) is 98.9 Å². The molecule has 0 saturated carbocycles. The first-order chi connectivity index (χ1) is 13.9. The molecule has 2 aliphatic heterocycles. The predicted molar refractivity (Wildman–Crippen MR) is 109 cm³/mol. The third-order valence-corrected chi connectivity index (χ3v) is 5.79. The average molecular weight is 419 g/mol. The quantitative estimate of drug-likeness (QED) is 0.786. The van der Waals surface area contributed by atoms with Crippen molar-refractivity contribution >= 4 is 23.2 Å². The van der Waals surface area contributed by atoms with Gasteiger partial charge in [-0.25, -0.2) is 4.68 Å². The third kappa shape index (κ3) is 4.09. The van der Waals surface area contributed by atoms with E-state index >= 15 is 0 Å². The smallest absolute Gasteiger partial charge is 0.269 e. The minimum Gasteiger partial charge on any atom is -0.507 e. The number of phenolic OH excluding ortho intramolecular Hbond substituents is 1. The van der Waals surface area contributed by atoms with Gasteiger partial charge in [-0.3, -0.25) is 9.59 Å². The minimum atomic E-state index is -0.375. The first-order valence-electron chi connectivity index (χ1n) is 9.72. The average Bonchev–Trinajstić information content (AvgIpc) is 3.14. The van der Waals surface area contributed by atoms with Crippen LogP contribution in [0.3, 0.4) is 0 Å². The van der Waals surface area contributed by atoms with Crippen LogP contribution in [-0.4, -0.2) is 63.1 Å². The van der Waals surface area contributed by atoms with Crippen molar-refractivity contribution in [1.82, 2.24) is 14.7 Å². The number of β-amino-alcohol motifs (C(OH)–C–C–N with tert-alkyl or cyclic N) is 1. The Labute approximate surface area is 172 Å². The van der Waals surface area contributed by atoms with Crippen LogP contribution in [0.2, 0.25) is 5.02 Å². The highest BCUT2D eigenvalue weighted by Gasteiger charge is 2.28. The molecule has 0 aliphatic carbocycles. The van der Waals surface area contributed by atoms with Crippen LogP contribution in [0.1, 0.15) is 35.7 Å². The number of aromatic hydroxyl groups is 1. The van der Waals surface area contributed by atoms with Crippen molar-refractivity contribution in [3.05, 3.63) is 51.4 Å². The van der Waals surface area contributed by atoms with E-state index in [9.17, 15) is 19.8 Å². The summed E-state index contributed by atoms with van der Waals surface area (Å²) in [6, 6.07) is 5.73. The summed E-state index contributed by atoms with van der Waals surface area (Å²) in [5, 5.41) is 24.4. The second kappa shape index (κ2) is 8.04. The number of amides is 1. The fraction of sp³-hybridized carbons (Fsp3) is 0.450. The number of halogens is 1. The highest BCUT2D eigenvalue weighted by atomic mass is 35.5. The maximum absolute atomic E-state index is 12.8. The molecule has 1 aromatic heterocycles. The number of piperidine rings is 1. The Kier molecular flexibility index (Phi) is 5.47. The molecule has 9 heteroatoms. The number of hydrogen-bond donors (Lipinski definition) is 2. The van der Waals surface area contributed by atoms with Gasteiger partial charge >= 0.3 is 0 Å². The number of phenols is 1. The van der Waals surface area contributed by atoms with Gasteiger partial charge in [-0.1, -0.05) is 11.6 Å². The van der Waals surface area contributed by atoms with Crippen LogP contribution >= 0.6 is 11.6 Å². The van der Waals surface area contributed by atoms with Gasteiger partial charge in [0.2, 0.25) is 0 Å². The summed E-state index contributed by atoms with van der Waals surface area (Å²) in [6.07, 6.45) is 3.43. The van der Waals surface area contributed by atoms with Gasteiger partial charge in [-0.15, -0.1) is 0 Å². The summed E-state index contributed by atoms with van der Waals surface area (Å²) in [5.74, 6) is -0.448. The normalized spacial score (nSPS) is 22.1. The molecule has 8 nitrogen and oxygen atoms in total. The summed E-state index contributed by atoms with van der Waals surface area (Å²) in [5.41, 5.74) is 0.674. The van der Waals surface area contributed by atoms with E-state index in [0.29, 0.717) is 43.3 Å². The van der Waals surface area contributed by atoms with Crippen LogP contribution in [0.25, 0.3) is 0 Å². The Hall–Kier alpha value is -2.58. The molecule has 0 spiro atoms. The van der Waals surface area contributed by atoms with Crippen molar-refractivity contribution in [3.63, 3.8) is 0 Å². The lowest BCUT2D eigenvalue weighted by Crippen LogP contribution is -2.43. The molecule has 29 heavy (non-hydrogen) atoms. The van der Waals surface area contributed by atoms with Crippen LogP contribution in [0.15, 0.2) is 35.3 Å². The molecular formula is C20H23ClN4O4. The van der Waals surface area contributed by atoms with Gasteiger partial charge < -0.3 is 20.0 Å². The molecule has 4 rings (SSSR count). The second-order valence-electron chi connectivity index (χ2n) is 7.59. The SMILES string of the molecule is O=C(c1ccc(Cl)cc1O)N1CCCC(n2ncc(N3CC[C@H](O)C3)cc2=O)C1. The van der Waals surface area contributed by atoms with Crippen molar-refractivity contribution in [2.24, 2.45) is 0 Å². The number of likely N-dealkylation sites (tertiary alicyclic amines) is 1. The van der Waals surface area contributed by atoms with Gasteiger partial charge in [0.1, 0.15) is 5.75 Å². The largest absolute Gasteiger partial charge is 0.507 e. The van der Waals surface area contributed by atoms with Crippen molar-refractivity contribution in [3.8, 4) is 5.75 Å². The molecule has 3 heterocycles. The van der Waals surface area contributed by atoms with Crippen molar-refractivity contribution in [2.75, 3.05) is 31.1 Å². The highest BCUT2D eigenvalue weighted by Crippen LogP contribution is 2.27. The Morgan fingerprint density at radius 3 is 2.69 bits per heavy atom. The zero-order valence-corrected chi connectivity index (χ0v) is 16.6. The number of nitrogens with zero attached hydrogens (tertiary/aromatic N) is 4. The summed E-state index contributed by atoms with van der Waals surface area (Å²) < 4.78 is 1.43. The van der Waals surface area contributed by atoms with Crippen LogP contribution in [0, 0.1) is 0 Å². The monoisotopic (exact) mass is 418 g/mol. The highest BCUT2D eigenvalue weighted by molar-refractivity contribution is 6.30. The minimum absolute atomic E-state index is 0.155. The fourth-order valence-corrected chi connectivity index (χ4v) is 4.19. The molecule has 1 unspecified atom stereocenters. The van der Waals surface area contributed by atoms with E-state index in [4.69, 9.17) is 11.6 Å². The number of hydrogen-bond acceptors (Lipinski definition) is 6. The lowest BCUT2D eigenvalue weighted by atomic mass is 10.0. The zero-order chi connectivity index (χ0) is 20.5. The van der Waals surface area contributed by atoms with Gasteiger partial charge in [-0.05, 0) is 37.5 Å². The van der Waals surface area contributed by atoms with Crippen LogP contribution in [0.5, 0.6) is 5.75 Å². The van der Waals surface area contributed by atoms with Crippen LogP contribution < -0.4 is 10.5 Å². The Morgan fingerprint density at radius 2 is 2.00 bits per heavy atom. The van der Waals surface area contributed by atoms with Crippen molar-refractivity contribution in [1.29, 1.82) is 0 Å². The third-order valence-electron chi connectivity index (χ3n) is 5.56. The second-order valence-corrected chi connectivity index (χ2v) is 8.03. The number of benzene rings is 1. The van der Waals surface area contributed by atoms with E-state index in [1.807, 2.05) is 4.90 Å². The van der Waals surface area contributed by atoms with E-state index in [2.05, 4.69) is 5.10 Å². The lowest BCUT2D eigenvalue weighted by Gasteiger charge is -2.33. The Balaban J connectivity index is 1.51. The molecule has 1 aromatic carbocycles. The van der Waals surface area contributed by atoms with E-state index in [1.165, 1.54) is 22.9 Å². The first-order valence-corrected chi connectivity index (χ1v) is 10.1. The van der Waals surface area contributed by atoms with Crippen LogP contribution in [-0.2, 0) is 0 Å². The standard InChI is InChI=1S/C20H23ClN4O4/c21-13-3-4-17(18(27)8-13)20(29)24-6-1-2-14(11-24)25-19(28)9-15(10-22-25)23-7-5-16(26)12-23/h3-4,8-10,14,16,26-27H,1-2,5-7,11-12H2/t14?,16-/m0/s1. The van der Waals surface area contributed by atoms with Gasteiger partial charge in [0, 0.05) is 37.3 Å². The molecule has 2 atom stereocenters. The molecule has 2 aromatic rings. The van der Waals surface area contributed by atoms with Gasteiger partial charge in [-0.2, -0.15) is 5.10 Å². The molecule has 2 aliphatic rings. The number of carbonyl (C=O) groups excluding carboxylic acids is 1. The molecule has 2 N–H and O–H groups in total. The number of rotatable bonds is 3. The van der Waals surface area contributed by atoms with Crippen molar-refractivity contribution in [2.45, 2.75) is 31.4 Å². The number of anilines is 1. The molecule has 0 bridgehead atoms. The van der Waals surface area contributed by atoms with Crippen molar-refractivity contribution < 1.29 is 15.0 Å². The van der Waals surface area contributed by atoms with Gasteiger partial charge in [0.25, 0.3) is 11.5 Å². The summed E-state index contributed by atoms with van der Waals surface area (Å²) in [4.78, 5) is 29.1. The predicted octanol–water partition coefficient (Wildman–Crippen LogP) is 1.65. The zero-order valence-electron chi connectivity index (χ0n) is 15.9. The molecule has 2 fully saturated rings. The van der Waals surface area contributed by atoms with E-state index in [0.717, 1.165) is 12.8 Å². The first kappa shape index (κ1) is 19.7. The number of aliphatic hydroxyl groups excluding tert-OH is 1. The maximum atomic E-state index is 12.8. The molecular weight excluding hydrogens is 396 g/mol. The summed E-state index contributed by atoms with van der Waals surface area (Å²) in [6.45, 7) is 2.09. The Bertz CT molecular complexity index is 979. The van der Waals surface area contributed by atoms with Crippen LogP contribution in [0.4, 0.5) is 5.69 Å². The van der Waals surface area contributed by atoms with E-state index in [1.54, 1.807) is 17.2 Å². The van der Waals surface area contributed by atoms with Gasteiger partial charge in [0.15, 0.2) is 0 Å². The maximum Gasteiger partial charge on any atom is 0.269 e. The number of carbonyl (C=O) groups is 1.